The van der Waals surface area contributed by atoms with Crippen LogP contribution in [0.2, 0.25) is 5.02 Å². The van der Waals surface area contributed by atoms with E-state index in [1.807, 2.05) is 0 Å². The van der Waals surface area contributed by atoms with Crippen LogP contribution in [-0.4, -0.2) is 12.1 Å². The monoisotopic (exact) mass is 428 g/mol. The SMILES string of the molecule is C[C@H]([NH2+]C1CCC(C(C)(C)C)CC1)C12C[C@@H]3C[C@@H](CC(c4ccc(Cl)cc4)(C3)C1)C2. The molecule has 5 atom stereocenters. The molecule has 2 N–H and O–H groups in total. The second kappa shape index (κ2) is 7.51. The van der Waals surface area contributed by atoms with Crippen molar-refractivity contribution in [3.05, 3.63) is 34.9 Å². The lowest BCUT2D eigenvalue weighted by atomic mass is 9.41. The zero-order chi connectivity index (χ0) is 21.1. The quantitative estimate of drug-likeness (QED) is 0.547. The summed E-state index contributed by atoms with van der Waals surface area (Å²) in [6.45, 7) is 9.92. The van der Waals surface area contributed by atoms with Crippen molar-refractivity contribution in [2.45, 2.75) is 109 Å². The molecule has 0 spiro atoms. The summed E-state index contributed by atoms with van der Waals surface area (Å²) >= 11 is 6.24. The van der Waals surface area contributed by atoms with Gasteiger partial charge in [-0.25, -0.2) is 0 Å². The number of hydrogen-bond donors (Lipinski definition) is 1. The first kappa shape index (κ1) is 21.3. The third kappa shape index (κ3) is 3.77. The van der Waals surface area contributed by atoms with Gasteiger partial charge in [0.1, 0.15) is 0 Å². The van der Waals surface area contributed by atoms with E-state index in [9.17, 15) is 0 Å². The van der Waals surface area contributed by atoms with E-state index in [4.69, 9.17) is 11.6 Å². The first-order chi connectivity index (χ1) is 14.2. The zero-order valence-corrected chi connectivity index (χ0v) is 20.5. The van der Waals surface area contributed by atoms with Crippen LogP contribution in [0.1, 0.15) is 97.5 Å². The largest absolute Gasteiger partial charge is 0.341 e. The number of hydrogen-bond acceptors (Lipinski definition) is 0. The fourth-order valence-corrected chi connectivity index (χ4v) is 8.92. The maximum Gasteiger partial charge on any atom is 0.0890 e. The molecule has 5 aliphatic carbocycles. The normalized spacial score (nSPS) is 41.8. The molecular weight excluding hydrogens is 386 g/mol. The summed E-state index contributed by atoms with van der Waals surface area (Å²) in [7, 11) is 0. The van der Waals surface area contributed by atoms with Crippen molar-refractivity contribution < 1.29 is 5.32 Å². The molecule has 1 nitrogen and oxygen atoms in total. The smallest absolute Gasteiger partial charge is 0.0890 e. The van der Waals surface area contributed by atoms with Crippen LogP contribution >= 0.6 is 11.6 Å². The van der Waals surface area contributed by atoms with E-state index >= 15 is 0 Å². The van der Waals surface area contributed by atoms with E-state index < -0.39 is 0 Å². The van der Waals surface area contributed by atoms with Gasteiger partial charge in [0.2, 0.25) is 0 Å². The summed E-state index contributed by atoms with van der Waals surface area (Å²) in [6.07, 6.45) is 14.5. The maximum absolute atomic E-state index is 6.24. The number of nitrogens with two attached hydrogens (primary N) is 1. The number of benzene rings is 1. The van der Waals surface area contributed by atoms with Crippen molar-refractivity contribution in [3.63, 3.8) is 0 Å². The van der Waals surface area contributed by atoms with Gasteiger partial charge in [0, 0.05) is 10.4 Å². The zero-order valence-electron chi connectivity index (χ0n) is 19.7. The van der Waals surface area contributed by atoms with Crippen molar-refractivity contribution >= 4 is 11.6 Å². The van der Waals surface area contributed by atoms with E-state index in [1.54, 1.807) is 5.56 Å². The van der Waals surface area contributed by atoms with Crippen molar-refractivity contribution in [1.82, 2.24) is 0 Å². The summed E-state index contributed by atoms with van der Waals surface area (Å²) in [6, 6.07) is 10.6. The minimum Gasteiger partial charge on any atom is -0.341 e. The highest BCUT2D eigenvalue weighted by molar-refractivity contribution is 6.30. The van der Waals surface area contributed by atoms with E-state index in [-0.39, 0.29) is 0 Å². The summed E-state index contributed by atoms with van der Waals surface area (Å²) in [5.74, 6) is 2.83. The molecule has 166 valence electrons. The number of halogens is 1. The Hall–Kier alpha value is -0.530. The molecule has 5 aliphatic rings. The number of quaternary nitrogens is 1. The minimum atomic E-state index is 0.431. The van der Waals surface area contributed by atoms with E-state index in [0.717, 1.165) is 34.9 Å². The average molecular weight is 429 g/mol. The molecule has 0 radical (unpaired) electrons. The molecule has 0 aromatic heterocycles. The second-order valence-corrected chi connectivity index (χ2v) is 13.5. The molecule has 0 amide bonds. The van der Waals surface area contributed by atoms with E-state index in [1.165, 1.54) is 64.2 Å². The van der Waals surface area contributed by atoms with Crippen LogP contribution in [0.5, 0.6) is 0 Å². The lowest BCUT2D eigenvalue weighted by Crippen LogP contribution is -2.97. The van der Waals surface area contributed by atoms with Crippen LogP contribution in [0.3, 0.4) is 0 Å². The van der Waals surface area contributed by atoms with Gasteiger partial charge in [-0.2, -0.15) is 0 Å². The van der Waals surface area contributed by atoms with Crippen LogP contribution in [-0.2, 0) is 5.41 Å². The first-order valence-corrected chi connectivity index (χ1v) is 13.2. The Morgan fingerprint density at radius 1 is 0.933 bits per heavy atom. The van der Waals surface area contributed by atoms with Crippen LogP contribution in [0.25, 0.3) is 0 Å². The van der Waals surface area contributed by atoms with Gasteiger partial charge in [0.05, 0.1) is 12.1 Å². The molecule has 0 aliphatic heterocycles. The van der Waals surface area contributed by atoms with Crippen molar-refractivity contribution in [3.8, 4) is 0 Å². The summed E-state index contributed by atoms with van der Waals surface area (Å²) in [4.78, 5) is 0. The van der Waals surface area contributed by atoms with Gasteiger partial charge in [0.25, 0.3) is 0 Å². The van der Waals surface area contributed by atoms with Crippen molar-refractivity contribution in [2.24, 2.45) is 28.6 Å². The molecule has 6 rings (SSSR count). The summed E-state index contributed by atoms with van der Waals surface area (Å²) in [5.41, 5.74) is 3.07. The Morgan fingerprint density at radius 2 is 1.53 bits per heavy atom. The Labute approximate surface area is 189 Å². The predicted octanol–water partition coefficient (Wildman–Crippen LogP) is 6.73. The Kier molecular flexibility index (Phi) is 5.34. The Balaban J connectivity index is 1.31. The van der Waals surface area contributed by atoms with E-state index in [0.29, 0.717) is 16.2 Å². The van der Waals surface area contributed by atoms with Crippen molar-refractivity contribution in [2.75, 3.05) is 0 Å². The predicted molar refractivity (Wildman–Crippen MR) is 127 cm³/mol. The van der Waals surface area contributed by atoms with Gasteiger partial charge in [-0.15, -0.1) is 0 Å². The van der Waals surface area contributed by atoms with Crippen molar-refractivity contribution in [1.29, 1.82) is 0 Å². The van der Waals surface area contributed by atoms with E-state index in [2.05, 4.69) is 57.3 Å². The third-order valence-corrected chi connectivity index (χ3v) is 10.3. The van der Waals surface area contributed by atoms with Gasteiger partial charge in [0.15, 0.2) is 0 Å². The molecule has 1 aromatic rings. The average Bonchev–Trinajstić information content (AvgIpc) is 2.67. The molecule has 0 heterocycles. The molecule has 30 heavy (non-hydrogen) atoms. The fraction of sp³-hybridized carbons (Fsp3) is 0.786. The first-order valence-electron chi connectivity index (χ1n) is 12.8. The van der Waals surface area contributed by atoms with Gasteiger partial charge in [-0.1, -0.05) is 44.5 Å². The van der Waals surface area contributed by atoms with Gasteiger partial charge < -0.3 is 5.32 Å². The minimum absolute atomic E-state index is 0.431. The van der Waals surface area contributed by atoms with Gasteiger partial charge >= 0.3 is 0 Å². The summed E-state index contributed by atoms with van der Waals surface area (Å²) in [5, 5.41) is 3.73. The number of rotatable bonds is 4. The molecule has 2 unspecified atom stereocenters. The van der Waals surface area contributed by atoms with Crippen LogP contribution in [0.15, 0.2) is 24.3 Å². The van der Waals surface area contributed by atoms with Crippen LogP contribution in [0.4, 0.5) is 0 Å². The van der Waals surface area contributed by atoms with Crippen LogP contribution in [0, 0.1) is 28.6 Å². The molecule has 5 saturated carbocycles. The molecule has 2 heteroatoms. The topological polar surface area (TPSA) is 16.6 Å². The van der Waals surface area contributed by atoms with Gasteiger partial charge in [-0.3, -0.25) is 0 Å². The van der Waals surface area contributed by atoms with Crippen LogP contribution < -0.4 is 5.32 Å². The highest BCUT2D eigenvalue weighted by Crippen LogP contribution is 2.66. The standard InChI is InChI=1S/C28H42ClN/c1-19(30-25-11-7-22(8-12-25)26(2,3)4)27-14-20-13-21(15-27)17-28(16-20,18-27)23-5-9-24(29)10-6-23/h5-6,9-10,19-22,25,30H,7-8,11-18H2,1-4H3/p+1/t19-,20-,21+,22?,25?,27?,28?/m0/s1. The molecule has 1 aromatic carbocycles. The third-order valence-electron chi connectivity index (χ3n) is 10.1. The Bertz CT molecular complexity index is 738. The second-order valence-electron chi connectivity index (χ2n) is 13.1. The lowest BCUT2D eigenvalue weighted by molar-refractivity contribution is -0.735. The van der Waals surface area contributed by atoms with Gasteiger partial charge in [-0.05, 0) is 117 Å². The molecule has 4 bridgehead atoms. The fourth-order valence-electron chi connectivity index (χ4n) is 8.80. The maximum atomic E-state index is 6.24. The lowest BCUT2D eigenvalue weighted by Gasteiger charge is -2.63. The summed E-state index contributed by atoms with van der Waals surface area (Å²) < 4.78 is 0. The highest BCUT2D eigenvalue weighted by Gasteiger charge is 2.61. The Morgan fingerprint density at radius 3 is 2.10 bits per heavy atom. The highest BCUT2D eigenvalue weighted by atomic mass is 35.5. The molecule has 5 fully saturated rings. The molecule has 0 saturated heterocycles. The molecular formula is C28H43ClN+.